The van der Waals surface area contributed by atoms with Crippen molar-refractivity contribution in [1.29, 1.82) is 0 Å². The Morgan fingerprint density at radius 1 is 0.889 bits per heavy atom. The van der Waals surface area contributed by atoms with Crippen molar-refractivity contribution in [3.63, 3.8) is 0 Å². The third-order valence-corrected chi connectivity index (χ3v) is 7.03. The van der Waals surface area contributed by atoms with Gasteiger partial charge in [-0.3, -0.25) is 4.57 Å². The van der Waals surface area contributed by atoms with Crippen LogP contribution in [0, 0.1) is 0 Å². The summed E-state index contributed by atoms with van der Waals surface area (Å²) in [4.78, 5) is 57.2. The number of benzene rings is 3. The molecule has 0 amide bonds. The van der Waals surface area contributed by atoms with E-state index in [-0.39, 0.29) is 34.7 Å². The van der Waals surface area contributed by atoms with Crippen LogP contribution in [0.5, 0.6) is 0 Å². The van der Waals surface area contributed by atoms with Gasteiger partial charge in [-0.15, -0.1) is 0 Å². The Hall–Kier alpha value is -5.59. The molecule has 4 aromatic rings. The van der Waals surface area contributed by atoms with Crippen molar-refractivity contribution in [1.82, 2.24) is 9.55 Å². The van der Waals surface area contributed by atoms with E-state index in [4.69, 9.17) is 24.7 Å². The standard InChI is InChI=1S/C33H29N3O9/c1-33(45-29(40)23-16-9-4-10-17-23)25(42-27(38)21-12-5-2-6-13-21)30(43-28(39)22-14-7-3-8-15-22)44-31(33)36-20-24(18-11-19-37)26(34)35-32(36)41/h2-18,20,25,30-31,37H,19H2,1H3,(H2,34,35,41)/t25-,30?,31-,33-/m1/s1. The molecule has 0 saturated carbocycles. The van der Waals surface area contributed by atoms with Crippen LogP contribution in [0.2, 0.25) is 0 Å². The molecule has 3 N–H and O–H groups in total. The van der Waals surface area contributed by atoms with Gasteiger partial charge in [0.15, 0.2) is 11.8 Å². The number of carbonyl (C=O) groups excluding carboxylic acids is 3. The first-order chi connectivity index (χ1) is 21.7. The number of aliphatic hydroxyl groups excluding tert-OH is 1. The summed E-state index contributed by atoms with van der Waals surface area (Å²) in [7, 11) is 0. The lowest BCUT2D eigenvalue weighted by Crippen LogP contribution is -2.51. The molecule has 1 unspecified atom stereocenters. The minimum absolute atomic E-state index is 0.138. The zero-order chi connectivity index (χ0) is 32.0. The van der Waals surface area contributed by atoms with E-state index in [9.17, 15) is 24.3 Å². The Morgan fingerprint density at radius 2 is 1.40 bits per heavy atom. The van der Waals surface area contributed by atoms with Crippen LogP contribution in [0.4, 0.5) is 5.82 Å². The molecule has 45 heavy (non-hydrogen) atoms. The van der Waals surface area contributed by atoms with Gasteiger partial charge < -0.3 is 29.8 Å². The Bertz CT molecular complexity index is 1760. The number of nitrogens with zero attached hydrogens (tertiary/aromatic N) is 2. The van der Waals surface area contributed by atoms with Gasteiger partial charge in [0.25, 0.3) is 0 Å². The van der Waals surface area contributed by atoms with Crippen LogP contribution < -0.4 is 11.4 Å². The third-order valence-electron chi connectivity index (χ3n) is 7.03. The number of nitrogen functional groups attached to an aromatic ring is 1. The second-order valence-corrected chi connectivity index (χ2v) is 10.1. The van der Waals surface area contributed by atoms with Crippen molar-refractivity contribution in [2.75, 3.05) is 12.3 Å². The van der Waals surface area contributed by atoms with E-state index >= 15 is 0 Å². The van der Waals surface area contributed by atoms with Crippen LogP contribution in [-0.4, -0.2) is 57.2 Å². The van der Waals surface area contributed by atoms with E-state index in [1.165, 1.54) is 61.7 Å². The number of hydrogen-bond acceptors (Lipinski definition) is 11. The van der Waals surface area contributed by atoms with Crippen LogP contribution in [0.15, 0.2) is 108 Å². The van der Waals surface area contributed by atoms with E-state index in [0.717, 1.165) is 4.57 Å². The summed E-state index contributed by atoms with van der Waals surface area (Å²) in [6, 6.07) is 24.0. The molecule has 5 rings (SSSR count). The molecule has 0 spiro atoms. The lowest BCUT2D eigenvalue weighted by atomic mass is 9.97. The molecule has 0 radical (unpaired) electrons. The molecule has 12 nitrogen and oxygen atoms in total. The van der Waals surface area contributed by atoms with Crippen molar-refractivity contribution < 1.29 is 38.4 Å². The highest BCUT2D eigenvalue weighted by Gasteiger charge is 2.62. The van der Waals surface area contributed by atoms with Gasteiger partial charge in [0.05, 0.1) is 23.3 Å². The average Bonchev–Trinajstić information content (AvgIpc) is 3.31. The third kappa shape index (κ3) is 6.66. The van der Waals surface area contributed by atoms with E-state index in [1.54, 1.807) is 54.6 Å². The van der Waals surface area contributed by atoms with Crippen molar-refractivity contribution in [2.24, 2.45) is 0 Å². The molecule has 4 atom stereocenters. The van der Waals surface area contributed by atoms with Crippen LogP contribution >= 0.6 is 0 Å². The minimum atomic E-state index is -1.99. The molecule has 2 heterocycles. The summed E-state index contributed by atoms with van der Waals surface area (Å²) in [6.07, 6.45) is -0.703. The number of esters is 3. The number of ether oxygens (including phenoxy) is 4. The van der Waals surface area contributed by atoms with Gasteiger partial charge in [0, 0.05) is 11.8 Å². The highest BCUT2D eigenvalue weighted by Crippen LogP contribution is 2.44. The zero-order valence-corrected chi connectivity index (χ0v) is 24.0. The molecule has 0 aliphatic carbocycles. The summed E-state index contributed by atoms with van der Waals surface area (Å²) in [6.45, 7) is 1.07. The lowest BCUT2D eigenvalue weighted by molar-refractivity contribution is -0.150. The Balaban J connectivity index is 1.63. The molecule has 12 heteroatoms. The van der Waals surface area contributed by atoms with Crippen LogP contribution in [0.25, 0.3) is 6.08 Å². The number of anilines is 1. The highest BCUT2D eigenvalue weighted by molar-refractivity contribution is 5.91. The van der Waals surface area contributed by atoms with Crippen LogP contribution in [-0.2, 0) is 18.9 Å². The topological polar surface area (TPSA) is 169 Å². The summed E-state index contributed by atoms with van der Waals surface area (Å²) in [5.74, 6) is -2.63. The summed E-state index contributed by atoms with van der Waals surface area (Å²) >= 11 is 0. The van der Waals surface area contributed by atoms with E-state index in [1.807, 2.05) is 0 Å². The van der Waals surface area contributed by atoms with Crippen molar-refractivity contribution in [2.45, 2.75) is 31.1 Å². The molecular weight excluding hydrogens is 582 g/mol. The van der Waals surface area contributed by atoms with Gasteiger partial charge in [-0.1, -0.05) is 66.7 Å². The van der Waals surface area contributed by atoms with Gasteiger partial charge >= 0.3 is 23.6 Å². The van der Waals surface area contributed by atoms with E-state index in [2.05, 4.69) is 4.98 Å². The Kier molecular flexibility index (Phi) is 9.17. The molecule has 230 valence electrons. The normalized spacial score (nSPS) is 20.9. The first-order valence-corrected chi connectivity index (χ1v) is 13.8. The minimum Gasteiger partial charge on any atom is -0.448 e. The van der Waals surface area contributed by atoms with Crippen LogP contribution in [0.3, 0.4) is 0 Å². The number of nitrogens with two attached hydrogens (primary N) is 1. The van der Waals surface area contributed by atoms with Gasteiger partial charge in [-0.25, -0.2) is 19.2 Å². The summed E-state index contributed by atoms with van der Waals surface area (Å²) in [5, 5.41) is 9.27. The average molecular weight is 612 g/mol. The molecular formula is C33H29N3O9. The number of aliphatic hydroxyl groups is 1. The molecule has 1 saturated heterocycles. The maximum atomic E-state index is 13.5. The fourth-order valence-corrected chi connectivity index (χ4v) is 4.77. The first-order valence-electron chi connectivity index (χ1n) is 13.8. The number of rotatable bonds is 9. The van der Waals surface area contributed by atoms with Gasteiger partial charge in [0.2, 0.25) is 12.4 Å². The largest absolute Gasteiger partial charge is 0.448 e. The monoisotopic (exact) mass is 611 g/mol. The second kappa shape index (κ2) is 13.4. The maximum Gasteiger partial charge on any atom is 0.351 e. The quantitative estimate of drug-likeness (QED) is 0.210. The summed E-state index contributed by atoms with van der Waals surface area (Å²) < 4.78 is 24.7. The summed E-state index contributed by atoms with van der Waals surface area (Å²) in [5.41, 5.74) is 3.78. The van der Waals surface area contributed by atoms with E-state index in [0.29, 0.717) is 0 Å². The molecule has 1 aliphatic heterocycles. The molecule has 0 bridgehead atoms. The van der Waals surface area contributed by atoms with Crippen LogP contribution in [0.1, 0.15) is 49.8 Å². The van der Waals surface area contributed by atoms with Crippen molar-refractivity contribution in [3.05, 3.63) is 136 Å². The highest BCUT2D eigenvalue weighted by atomic mass is 16.8. The lowest BCUT2D eigenvalue weighted by Gasteiger charge is -2.34. The number of carbonyl (C=O) groups is 3. The maximum absolute atomic E-state index is 13.5. The fourth-order valence-electron chi connectivity index (χ4n) is 4.77. The molecule has 1 fully saturated rings. The first kappa shape index (κ1) is 30.9. The van der Waals surface area contributed by atoms with Gasteiger partial charge in [-0.05, 0) is 43.3 Å². The van der Waals surface area contributed by atoms with E-state index < -0.39 is 47.8 Å². The Labute approximate surface area is 257 Å². The number of hydrogen-bond donors (Lipinski definition) is 2. The van der Waals surface area contributed by atoms with Gasteiger partial charge in [0.1, 0.15) is 5.82 Å². The van der Waals surface area contributed by atoms with Crippen molar-refractivity contribution >= 4 is 29.8 Å². The number of aromatic nitrogens is 2. The van der Waals surface area contributed by atoms with Gasteiger partial charge in [-0.2, -0.15) is 4.98 Å². The second-order valence-electron chi connectivity index (χ2n) is 10.1. The molecule has 1 aromatic heterocycles. The molecule has 1 aliphatic rings. The predicted octanol–water partition coefficient (Wildman–Crippen LogP) is 3.38. The fraction of sp³-hybridized carbons (Fsp3) is 0.182. The predicted molar refractivity (Wildman–Crippen MR) is 161 cm³/mol. The molecule has 3 aromatic carbocycles. The zero-order valence-electron chi connectivity index (χ0n) is 24.0. The Morgan fingerprint density at radius 3 is 1.93 bits per heavy atom. The van der Waals surface area contributed by atoms with Crippen molar-refractivity contribution in [3.8, 4) is 0 Å². The smallest absolute Gasteiger partial charge is 0.351 e. The SMILES string of the molecule is C[C@@]1(OC(=O)c2ccccc2)[C@H](OC(=O)c2ccccc2)C(OC(=O)c2ccccc2)O[C@H]1n1cc(C=CCO)c(N)nc1=O.